The number of rotatable bonds is 5. The van der Waals surface area contributed by atoms with Gasteiger partial charge in [0.25, 0.3) is 5.91 Å². The van der Waals surface area contributed by atoms with Crippen LogP contribution in [0.2, 0.25) is 0 Å². The molecule has 3 heterocycles. The van der Waals surface area contributed by atoms with Crippen molar-refractivity contribution in [3.8, 4) is 6.07 Å². The number of hydrogen-bond donors (Lipinski definition) is 0. The highest BCUT2D eigenvalue weighted by Crippen LogP contribution is 2.45. The van der Waals surface area contributed by atoms with Crippen LogP contribution in [-0.2, 0) is 18.0 Å². The van der Waals surface area contributed by atoms with Crippen molar-refractivity contribution in [3.05, 3.63) is 46.8 Å². The lowest BCUT2D eigenvalue weighted by Crippen LogP contribution is -2.51. The number of ether oxygens (including phenoxy) is 1. The van der Waals surface area contributed by atoms with Crippen molar-refractivity contribution in [2.75, 3.05) is 44.3 Å². The number of benzene rings is 1. The number of aromatic nitrogens is 2. The molecule has 0 aliphatic carbocycles. The molecule has 0 bridgehead atoms. The zero-order valence-electron chi connectivity index (χ0n) is 19.5. The largest absolute Gasteiger partial charge is 0.417 e. The highest BCUT2D eigenvalue weighted by Gasteiger charge is 2.51. The maximum atomic E-state index is 13.5. The Hall–Kier alpha value is -3.06. The van der Waals surface area contributed by atoms with Gasteiger partial charge in [0.2, 0.25) is 0 Å². The third-order valence-electron chi connectivity index (χ3n) is 7.03. The van der Waals surface area contributed by atoms with E-state index in [2.05, 4.69) is 5.10 Å². The molecule has 34 heavy (non-hydrogen) atoms. The molecule has 182 valence electrons. The predicted molar refractivity (Wildman–Crippen MR) is 119 cm³/mol. The number of nitriles is 1. The quantitative estimate of drug-likeness (QED) is 0.661. The van der Waals surface area contributed by atoms with E-state index >= 15 is 0 Å². The fourth-order valence-corrected chi connectivity index (χ4v) is 5.24. The molecule has 2 aliphatic rings. The summed E-state index contributed by atoms with van der Waals surface area (Å²) < 4.78 is 48.0. The van der Waals surface area contributed by atoms with Crippen molar-refractivity contribution in [1.29, 1.82) is 5.26 Å². The molecule has 2 fully saturated rings. The fraction of sp³-hybridized carbons (Fsp3) is 0.542. The van der Waals surface area contributed by atoms with Gasteiger partial charge in [-0.05, 0) is 44.5 Å². The molecule has 0 spiro atoms. The number of halogens is 3. The van der Waals surface area contributed by atoms with Gasteiger partial charge in [-0.3, -0.25) is 9.48 Å². The number of carbonyl (C=O) groups is 1. The summed E-state index contributed by atoms with van der Waals surface area (Å²) in [6, 6.07) is 7.26. The van der Waals surface area contributed by atoms with Gasteiger partial charge in [0, 0.05) is 56.9 Å². The zero-order chi connectivity index (χ0) is 24.7. The average Bonchev–Trinajstić information content (AvgIpc) is 3.35. The monoisotopic (exact) mass is 475 g/mol. The van der Waals surface area contributed by atoms with Crippen molar-refractivity contribution in [3.63, 3.8) is 0 Å². The first-order valence-electron chi connectivity index (χ1n) is 11.3. The second kappa shape index (κ2) is 8.95. The summed E-state index contributed by atoms with van der Waals surface area (Å²) in [6.45, 7) is 6.86. The molecule has 2 saturated heterocycles. The van der Waals surface area contributed by atoms with E-state index in [-0.39, 0.29) is 22.8 Å². The lowest BCUT2D eigenvalue weighted by atomic mass is 9.73. The van der Waals surface area contributed by atoms with Gasteiger partial charge in [0.15, 0.2) is 0 Å². The Bertz CT molecular complexity index is 1120. The summed E-state index contributed by atoms with van der Waals surface area (Å²) in [5.74, 6) is -0.0552. The van der Waals surface area contributed by atoms with Crippen LogP contribution in [0.4, 0.5) is 18.9 Å². The molecule has 1 aromatic heterocycles. The second-order valence-electron chi connectivity index (χ2n) is 9.21. The second-order valence-corrected chi connectivity index (χ2v) is 9.21. The lowest BCUT2D eigenvalue weighted by Gasteiger charge is -2.43. The normalized spacial score (nSPS) is 22.6. The molecule has 10 heteroatoms. The van der Waals surface area contributed by atoms with Crippen molar-refractivity contribution >= 4 is 11.6 Å². The van der Waals surface area contributed by atoms with Gasteiger partial charge in [0.05, 0.1) is 29.5 Å². The molecule has 1 amide bonds. The number of carbonyl (C=O) groups excluding carboxylic acids is 1. The van der Waals surface area contributed by atoms with Gasteiger partial charge in [-0.15, -0.1) is 0 Å². The van der Waals surface area contributed by atoms with Gasteiger partial charge in [-0.25, -0.2) is 0 Å². The number of amides is 1. The van der Waals surface area contributed by atoms with Crippen LogP contribution in [0.15, 0.2) is 24.3 Å². The molecule has 7 nitrogen and oxygen atoms in total. The molecule has 2 unspecified atom stereocenters. The third kappa shape index (κ3) is 4.37. The van der Waals surface area contributed by atoms with Gasteiger partial charge < -0.3 is 14.5 Å². The summed E-state index contributed by atoms with van der Waals surface area (Å²) in [6.07, 6.45) is -3.92. The van der Waals surface area contributed by atoms with E-state index < -0.39 is 11.7 Å². The van der Waals surface area contributed by atoms with Crippen molar-refractivity contribution < 1.29 is 22.7 Å². The molecule has 0 saturated carbocycles. The standard InChI is InChI=1S/C24H28F3N5O2/c1-4-34-15-23-7-8-31(22(33)21-9-16(2)29-30(21)3)12-18(23)13-32(14-23)19-6-5-17(11-28)20(10-19)24(25,26)27/h5-6,9-10,18H,4,7-8,12-15H2,1-3H3. The number of nitrogens with zero attached hydrogens (tertiary/aromatic N) is 5. The van der Waals surface area contributed by atoms with E-state index in [0.29, 0.717) is 57.2 Å². The first-order valence-corrected chi connectivity index (χ1v) is 11.3. The molecule has 4 rings (SSSR count). The maximum absolute atomic E-state index is 13.5. The van der Waals surface area contributed by atoms with Crippen molar-refractivity contribution in [2.45, 2.75) is 26.4 Å². The molecule has 1 aromatic carbocycles. The highest BCUT2D eigenvalue weighted by molar-refractivity contribution is 5.92. The predicted octanol–water partition coefficient (Wildman–Crippen LogP) is 3.62. The van der Waals surface area contributed by atoms with E-state index in [1.54, 1.807) is 29.9 Å². The minimum absolute atomic E-state index is 0.0380. The number of likely N-dealkylation sites (tertiary alicyclic amines) is 1. The van der Waals surface area contributed by atoms with Crippen molar-refractivity contribution in [1.82, 2.24) is 14.7 Å². The number of alkyl halides is 3. The van der Waals surface area contributed by atoms with E-state index in [9.17, 15) is 18.0 Å². The number of aryl methyl sites for hydroxylation is 2. The van der Waals surface area contributed by atoms with E-state index in [1.807, 2.05) is 23.6 Å². The molecule has 0 radical (unpaired) electrons. The molecular formula is C24H28F3N5O2. The van der Waals surface area contributed by atoms with E-state index in [0.717, 1.165) is 11.8 Å². The zero-order valence-corrected chi connectivity index (χ0v) is 19.5. The Morgan fingerprint density at radius 1 is 1.32 bits per heavy atom. The summed E-state index contributed by atoms with van der Waals surface area (Å²) in [4.78, 5) is 16.9. The van der Waals surface area contributed by atoms with Crippen LogP contribution in [-0.4, -0.2) is 60.0 Å². The molecular weight excluding hydrogens is 447 g/mol. The third-order valence-corrected chi connectivity index (χ3v) is 7.03. The lowest BCUT2D eigenvalue weighted by molar-refractivity contribution is -0.137. The molecule has 2 atom stereocenters. The van der Waals surface area contributed by atoms with Gasteiger partial charge in [-0.1, -0.05) is 0 Å². The Morgan fingerprint density at radius 3 is 2.71 bits per heavy atom. The van der Waals surface area contributed by atoms with Gasteiger partial charge >= 0.3 is 6.18 Å². The van der Waals surface area contributed by atoms with Crippen LogP contribution >= 0.6 is 0 Å². The van der Waals surface area contributed by atoms with Crippen LogP contribution in [0.1, 0.15) is 40.7 Å². The van der Waals surface area contributed by atoms with Crippen LogP contribution in [0, 0.1) is 29.6 Å². The first kappa shape index (κ1) is 24.1. The Balaban J connectivity index is 1.60. The Kier molecular flexibility index (Phi) is 6.34. The number of anilines is 1. The fourth-order valence-electron chi connectivity index (χ4n) is 5.24. The molecule has 2 aliphatic heterocycles. The summed E-state index contributed by atoms with van der Waals surface area (Å²) in [7, 11) is 1.74. The Labute approximate surface area is 196 Å². The Morgan fingerprint density at radius 2 is 2.09 bits per heavy atom. The van der Waals surface area contributed by atoms with Gasteiger partial charge in [0.1, 0.15) is 5.69 Å². The van der Waals surface area contributed by atoms with Crippen molar-refractivity contribution in [2.24, 2.45) is 18.4 Å². The molecule has 0 N–H and O–H groups in total. The summed E-state index contributed by atoms with van der Waals surface area (Å²) >= 11 is 0. The summed E-state index contributed by atoms with van der Waals surface area (Å²) in [5, 5.41) is 13.4. The smallest absolute Gasteiger partial charge is 0.381 e. The number of fused-ring (bicyclic) bond motifs is 1. The number of piperidine rings is 1. The van der Waals surface area contributed by atoms with Gasteiger partial charge in [-0.2, -0.15) is 23.5 Å². The topological polar surface area (TPSA) is 74.4 Å². The van der Waals surface area contributed by atoms with E-state index in [1.165, 1.54) is 6.07 Å². The first-order chi connectivity index (χ1) is 16.1. The SMILES string of the molecule is CCOCC12CCN(C(=O)c3cc(C)nn3C)CC1CN(c1ccc(C#N)c(C(F)(F)F)c1)C2. The van der Waals surface area contributed by atoms with Crippen LogP contribution < -0.4 is 4.90 Å². The minimum Gasteiger partial charge on any atom is -0.381 e. The van der Waals surface area contributed by atoms with Crippen LogP contribution in [0.5, 0.6) is 0 Å². The highest BCUT2D eigenvalue weighted by atomic mass is 19.4. The molecule has 2 aromatic rings. The number of hydrogen-bond acceptors (Lipinski definition) is 5. The van der Waals surface area contributed by atoms with Crippen LogP contribution in [0.3, 0.4) is 0 Å². The minimum atomic E-state index is -4.61. The maximum Gasteiger partial charge on any atom is 0.417 e. The van der Waals surface area contributed by atoms with E-state index in [4.69, 9.17) is 10.00 Å². The summed E-state index contributed by atoms with van der Waals surface area (Å²) in [5.41, 5.74) is 0.136. The van der Waals surface area contributed by atoms with Crippen LogP contribution in [0.25, 0.3) is 0 Å². The average molecular weight is 476 g/mol.